The van der Waals surface area contributed by atoms with Gasteiger partial charge < -0.3 is 10.6 Å². The van der Waals surface area contributed by atoms with Crippen molar-refractivity contribution in [3.8, 4) is 0 Å². The Hall–Kier alpha value is -1.72. The maximum absolute atomic E-state index is 15.0. The molecule has 2 aliphatic heterocycles. The molecule has 32 heavy (non-hydrogen) atoms. The Morgan fingerprint density at radius 2 is 1.75 bits per heavy atom. The van der Waals surface area contributed by atoms with Crippen molar-refractivity contribution in [1.29, 1.82) is 0 Å². The number of hydrogen-bond acceptors (Lipinski definition) is 4. The number of carbonyl (C=O) groups excluding carboxylic acids is 1. The minimum absolute atomic E-state index is 0.00906. The Kier molecular flexibility index (Phi) is 7.06. The average Bonchev–Trinajstić information content (AvgIpc) is 2.78. The van der Waals surface area contributed by atoms with Gasteiger partial charge in [0.2, 0.25) is 15.9 Å². The molecular formula is C23H27FIN3O3S. The average molecular weight is 571 g/mol. The molecule has 172 valence electrons. The summed E-state index contributed by atoms with van der Waals surface area (Å²) in [6.45, 7) is 1.29. The van der Waals surface area contributed by atoms with Gasteiger partial charge in [0.05, 0.1) is 4.05 Å². The van der Waals surface area contributed by atoms with Crippen LogP contribution < -0.4 is 10.6 Å². The van der Waals surface area contributed by atoms with Gasteiger partial charge in [-0.15, -0.1) is 0 Å². The van der Waals surface area contributed by atoms with Gasteiger partial charge in [-0.25, -0.2) is 12.8 Å². The molecule has 0 bridgehead atoms. The standard InChI is InChI=1S/C23H27FIN3O3S/c24-20-14-19(27-12-10-17(11-13-27)23(26)29)7-6-18(20)15-28-22(25)9-8-21(32(28,30)31)16-4-2-1-3-5-16/h1-7,14,17,21-22H,8-13,15H2,(H2,26,29)/t21?,22-/m1/s1. The van der Waals surface area contributed by atoms with E-state index in [1.54, 1.807) is 6.07 Å². The number of carbonyl (C=O) groups is 1. The molecule has 2 heterocycles. The fraction of sp³-hybridized carbons (Fsp3) is 0.435. The molecule has 2 N–H and O–H groups in total. The van der Waals surface area contributed by atoms with Crippen molar-refractivity contribution in [2.45, 2.75) is 41.5 Å². The Balaban J connectivity index is 1.51. The number of primary amides is 1. The number of sulfonamides is 1. The van der Waals surface area contributed by atoms with Gasteiger partial charge in [0.25, 0.3) is 0 Å². The number of halogens is 2. The number of anilines is 1. The third-order valence-corrected chi connectivity index (χ3v) is 10.4. The summed E-state index contributed by atoms with van der Waals surface area (Å²) in [6.07, 6.45) is 2.58. The molecule has 0 aromatic heterocycles. The van der Waals surface area contributed by atoms with Crippen LogP contribution in [0.5, 0.6) is 0 Å². The van der Waals surface area contributed by atoms with Crippen LogP contribution in [0.3, 0.4) is 0 Å². The predicted octanol–water partition coefficient (Wildman–Crippen LogP) is 3.96. The van der Waals surface area contributed by atoms with Gasteiger partial charge in [0.15, 0.2) is 0 Å². The van der Waals surface area contributed by atoms with Crippen LogP contribution in [-0.2, 0) is 21.4 Å². The number of hydrogen-bond donors (Lipinski definition) is 1. The van der Waals surface area contributed by atoms with E-state index < -0.39 is 21.1 Å². The molecular weight excluding hydrogens is 544 g/mol. The van der Waals surface area contributed by atoms with Crippen molar-refractivity contribution in [2.75, 3.05) is 18.0 Å². The lowest BCUT2D eigenvalue weighted by molar-refractivity contribution is -0.122. The first-order valence-corrected chi connectivity index (χ1v) is 13.5. The van der Waals surface area contributed by atoms with Crippen LogP contribution in [0, 0.1) is 11.7 Å². The maximum atomic E-state index is 15.0. The summed E-state index contributed by atoms with van der Waals surface area (Å²) in [5.41, 5.74) is 7.27. The van der Waals surface area contributed by atoms with E-state index in [9.17, 15) is 13.2 Å². The zero-order valence-electron chi connectivity index (χ0n) is 17.7. The van der Waals surface area contributed by atoms with Gasteiger partial charge in [0.1, 0.15) is 11.1 Å². The summed E-state index contributed by atoms with van der Waals surface area (Å²) in [6, 6.07) is 14.2. The fourth-order valence-electron chi connectivity index (χ4n) is 4.55. The first-order chi connectivity index (χ1) is 15.3. The van der Waals surface area contributed by atoms with Crippen molar-refractivity contribution in [3.05, 3.63) is 65.5 Å². The summed E-state index contributed by atoms with van der Waals surface area (Å²) >= 11 is 2.14. The molecule has 1 amide bonds. The Morgan fingerprint density at radius 3 is 2.38 bits per heavy atom. The van der Waals surface area contributed by atoms with E-state index in [-0.39, 0.29) is 22.4 Å². The minimum atomic E-state index is -3.62. The number of amides is 1. The molecule has 2 aromatic carbocycles. The summed E-state index contributed by atoms with van der Waals surface area (Å²) in [5.74, 6) is -0.825. The second-order valence-electron chi connectivity index (χ2n) is 8.44. The zero-order valence-corrected chi connectivity index (χ0v) is 20.6. The normalized spacial score (nSPS) is 24.4. The second kappa shape index (κ2) is 9.64. The molecule has 1 unspecified atom stereocenters. The van der Waals surface area contributed by atoms with Crippen LogP contribution in [-0.4, -0.2) is 35.8 Å². The lowest BCUT2D eigenvalue weighted by Gasteiger charge is -2.36. The lowest BCUT2D eigenvalue weighted by atomic mass is 9.96. The van der Waals surface area contributed by atoms with Crippen molar-refractivity contribution < 1.29 is 17.6 Å². The first-order valence-electron chi connectivity index (χ1n) is 10.8. The molecule has 6 nitrogen and oxygen atoms in total. The smallest absolute Gasteiger partial charge is 0.222 e. The highest BCUT2D eigenvalue weighted by molar-refractivity contribution is 14.1. The van der Waals surface area contributed by atoms with Crippen LogP contribution in [0.1, 0.15) is 42.1 Å². The van der Waals surface area contributed by atoms with Gasteiger partial charge in [-0.1, -0.05) is 59.0 Å². The van der Waals surface area contributed by atoms with Crippen molar-refractivity contribution in [3.63, 3.8) is 0 Å². The molecule has 2 aliphatic rings. The van der Waals surface area contributed by atoms with Crippen molar-refractivity contribution >= 4 is 44.2 Å². The molecule has 2 fully saturated rings. The van der Waals surface area contributed by atoms with E-state index in [0.717, 1.165) is 11.3 Å². The summed E-state index contributed by atoms with van der Waals surface area (Å²) in [7, 11) is -3.62. The number of piperidine rings is 1. The highest BCUT2D eigenvalue weighted by Gasteiger charge is 2.41. The molecule has 0 spiro atoms. The third-order valence-electron chi connectivity index (χ3n) is 6.46. The van der Waals surface area contributed by atoms with Crippen LogP contribution >= 0.6 is 22.6 Å². The van der Waals surface area contributed by atoms with Crippen molar-refractivity contribution in [2.24, 2.45) is 11.7 Å². The minimum Gasteiger partial charge on any atom is -0.371 e. The van der Waals surface area contributed by atoms with Gasteiger partial charge >= 0.3 is 0 Å². The molecule has 2 atom stereocenters. The van der Waals surface area contributed by atoms with E-state index in [0.29, 0.717) is 44.3 Å². The summed E-state index contributed by atoms with van der Waals surface area (Å²) in [4.78, 5) is 13.4. The molecule has 4 rings (SSSR count). The van der Waals surface area contributed by atoms with E-state index >= 15 is 4.39 Å². The second-order valence-corrected chi connectivity index (χ2v) is 11.9. The predicted molar refractivity (Wildman–Crippen MR) is 131 cm³/mol. The zero-order chi connectivity index (χ0) is 22.9. The van der Waals surface area contributed by atoms with Crippen LogP contribution in [0.2, 0.25) is 0 Å². The largest absolute Gasteiger partial charge is 0.371 e. The highest BCUT2D eigenvalue weighted by Crippen LogP contribution is 2.40. The van der Waals surface area contributed by atoms with E-state index in [1.807, 2.05) is 41.3 Å². The molecule has 0 aliphatic carbocycles. The van der Waals surface area contributed by atoms with Gasteiger partial charge in [-0.2, -0.15) is 4.31 Å². The molecule has 9 heteroatoms. The number of nitrogens with zero attached hydrogens (tertiary/aromatic N) is 2. The van der Waals surface area contributed by atoms with Gasteiger partial charge in [-0.05, 0) is 43.4 Å². The molecule has 0 radical (unpaired) electrons. The quantitative estimate of drug-likeness (QED) is 0.335. The number of nitrogens with two attached hydrogens (primary N) is 1. The van der Waals surface area contributed by atoms with Crippen LogP contribution in [0.15, 0.2) is 48.5 Å². The number of benzene rings is 2. The Labute approximate surface area is 202 Å². The van der Waals surface area contributed by atoms with E-state index in [1.165, 1.54) is 10.4 Å². The molecule has 2 saturated heterocycles. The highest BCUT2D eigenvalue weighted by atomic mass is 127. The van der Waals surface area contributed by atoms with Crippen LogP contribution in [0.25, 0.3) is 0 Å². The first kappa shape index (κ1) is 23.4. The molecule has 0 saturated carbocycles. The van der Waals surface area contributed by atoms with Gasteiger partial charge in [0, 0.05) is 36.8 Å². The monoisotopic (exact) mass is 571 g/mol. The number of alkyl halides is 1. The van der Waals surface area contributed by atoms with Crippen LogP contribution in [0.4, 0.5) is 10.1 Å². The summed E-state index contributed by atoms with van der Waals surface area (Å²) in [5, 5.41) is -0.608. The van der Waals surface area contributed by atoms with Crippen molar-refractivity contribution in [1.82, 2.24) is 4.31 Å². The SMILES string of the molecule is NC(=O)C1CCN(c2ccc(CN3[C@@H](I)CCC(c4ccccc4)S3(=O)=O)c(F)c2)CC1. The number of rotatable bonds is 5. The summed E-state index contributed by atoms with van der Waals surface area (Å²) < 4.78 is 43.0. The molecule has 2 aromatic rings. The van der Waals surface area contributed by atoms with Gasteiger partial charge in [-0.3, -0.25) is 4.79 Å². The fourth-order valence-corrected chi connectivity index (χ4v) is 8.06. The lowest BCUT2D eigenvalue weighted by Crippen LogP contribution is -2.43. The maximum Gasteiger partial charge on any atom is 0.222 e. The topological polar surface area (TPSA) is 83.7 Å². The Bertz CT molecular complexity index is 1080. The Morgan fingerprint density at radius 1 is 1.06 bits per heavy atom. The van der Waals surface area contributed by atoms with E-state index in [4.69, 9.17) is 5.73 Å². The van der Waals surface area contributed by atoms with E-state index in [2.05, 4.69) is 22.6 Å². The third kappa shape index (κ3) is 4.79.